The summed E-state index contributed by atoms with van der Waals surface area (Å²) in [5.74, 6) is 0.620. The number of hydrogen-bond acceptors (Lipinski definition) is 2. The highest BCUT2D eigenvalue weighted by Gasteiger charge is 2.21. The number of nitrogens with two attached hydrogens (primary N) is 1. The Kier molecular flexibility index (Phi) is 4.97. The summed E-state index contributed by atoms with van der Waals surface area (Å²) >= 11 is 3.20. The maximum absolute atomic E-state index is 13.8. The molecule has 21 heavy (non-hydrogen) atoms. The topological polar surface area (TPSA) is 38.0 Å². The molecule has 0 spiro atoms. The maximum Gasteiger partial charge on any atom is 0.194 e. The van der Waals surface area contributed by atoms with Gasteiger partial charge in [0.1, 0.15) is 5.82 Å². The minimum atomic E-state index is -1.58. The maximum atomic E-state index is 13.8. The molecule has 0 saturated heterocycles. The molecule has 2 aromatic carbocycles. The van der Waals surface area contributed by atoms with Crippen molar-refractivity contribution in [2.24, 2.45) is 5.84 Å². The van der Waals surface area contributed by atoms with Crippen LogP contribution in [0.25, 0.3) is 0 Å². The van der Waals surface area contributed by atoms with Gasteiger partial charge in [-0.2, -0.15) is 0 Å². The van der Waals surface area contributed by atoms with Gasteiger partial charge in [-0.05, 0) is 36.2 Å². The Balaban J connectivity index is 2.37. The third-order valence-corrected chi connectivity index (χ3v) is 3.57. The minimum absolute atomic E-state index is 0.0240. The summed E-state index contributed by atoms with van der Waals surface area (Å²) in [6, 6.07) is 5.25. The standard InChI is InChI=1S/C14H11BrF4N2/c15-8-1-3-10(16)7(5-8)6-12(21-20)9-2-4-11(17)14(19)13(9)18/h1-5,12,21H,6,20H2. The molecule has 0 aliphatic rings. The molecule has 2 aromatic rings. The molecule has 0 radical (unpaired) electrons. The molecule has 0 aliphatic heterocycles. The van der Waals surface area contributed by atoms with Crippen LogP contribution >= 0.6 is 15.9 Å². The summed E-state index contributed by atoms with van der Waals surface area (Å²) in [6.07, 6.45) is -0.0240. The number of benzene rings is 2. The highest BCUT2D eigenvalue weighted by Crippen LogP contribution is 2.26. The van der Waals surface area contributed by atoms with Crippen molar-refractivity contribution >= 4 is 15.9 Å². The van der Waals surface area contributed by atoms with Crippen LogP contribution < -0.4 is 11.3 Å². The van der Waals surface area contributed by atoms with Gasteiger partial charge in [0.25, 0.3) is 0 Å². The smallest absolute Gasteiger partial charge is 0.194 e. The molecule has 3 N–H and O–H groups in total. The lowest BCUT2D eigenvalue weighted by atomic mass is 9.98. The molecular formula is C14H11BrF4N2. The molecule has 0 aliphatic carbocycles. The van der Waals surface area contributed by atoms with Gasteiger partial charge in [0.2, 0.25) is 0 Å². The predicted octanol–water partition coefficient (Wildman–Crippen LogP) is 3.75. The molecule has 1 unspecified atom stereocenters. The Morgan fingerprint density at radius 1 is 1.00 bits per heavy atom. The van der Waals surface area contributed by atoms with Crippen molar-refractivity contribution in [3.05, 3.63) is 69.2 Å². The van der Waals surface area contributed by atoms with Gasteiger partial charge in [-0.25, -0.2) is 17.6 Å². The van der Waals surface area contributed by atoms with E-state index in [9.17, 15) is 17.6 Å². The molecule has 0 amide bonds. The highest BCUT2D eigenvalue weighted by atomic mass is 79.9. The van der Waals surface area contributed by atoms with E-state index in [4.69, 9.17) is 5.84 Å². The number of hydrazine groups is 1. The summed E-state index contributed by atoms with van der Waals surface area (Å²) in [6.45, 7) is 0. The predicted molar refractivity (Wildman–Crippen MR) is 74.2 cm³/mol. The fourth-order valence-corrected chi connectivity index (χ4v) is 2.40. The van der Waals surface area contributed by atoms with Gasteiger partial charge in [0.15, 0.2) is 17.5 Å². The van der Waals surface area contributed by atoms with E-state index in [1.54, 1.807) is 0 Å². The first-order valence-corrected chi connectivity index (χ1v) is 6.76. The summed E-state index contributed by atoms with van der Waals surface area (Å²) < 4.78 is 54.3. The van der Waals surface area contributed by atoms with Gasteiger partial charge >= 0.3 is 0 Å². The first-order valence-electron chi connectivity index (χ1n) is 5.97. The van der Waals surface area contributed by atoms with Crippen molar-refractivity contribution in [3.8, 4) is 0 Å². The monoisotopic (exact) mass is 362 g/mol. The van der Waals surface area contributed by atoms with Gasteiger partial charge in [0, 0.05) is 10.0 Å². The second kappa shape index (κ2) is 6.55. The second-order valence-electron chi connectivity index (χ2n) is 4.42. The molecule has 7 heteroatoms. The molecule has 0 aromatic heterocycles. The largest absolute Gasteiger partial charge is 0.271 e. The molecule has 2 rings (SSSR count). The zero-order chi connectivity index (χ0) is 15.6. The Hall–Kier alpha value is -1.44. The van der Waals surface area contributed by atoms with E-state index < -0.39 is 29.3 Å². The third kappa shape index (κ3) is 3.42. The van der Waals surface area contributed by atoms with Gasteiger partial charge < -0.3 is 0 Å². The Bertz CT molecular complexity index is 664. The van der Waals surface area contributed by atoms with Crippen LogP contribution in [0.1, 0.15) is 17.2 Å². The lowest BCUT2D eigenvalue weighted by Gasteiger charge is -2.18. The van der Waals surface area contributed by atoms with Crippen LogP contribution in [0.2, 0.25) is 0 Å². The zero-order valence-electron chi connectivity index (χ0n) is 10.6. The van der Waals surface area contributed by atoms with Gasteiger partial charge in [-0.3, -0.25) is 11.3 Å². The molecule has 0 fully saturated rings. The summed E-state index contributed by atoms with van der Waals surface area (Å²) in [4.78, 5) is 0. The highest BCUT2D eigenvalue weighted by molar-refractivity contribution is 9.10. The fourth-order valence-electron chi connectivity index (χ4n) is 1.99. The number of halogens is 5. The lowest BCUT2D eigenvalue weighted by molar-refractivity contribution is 0.423. The first kappa shape index (κ1) is 15.9. The fraction of sp³-hybridized carbons (Fsp3) is 0.143. The summed E-state index contributed by atoms with van der Waals surface area (Å²) in [5.41, 5.74) is 2.38. The Morgan fingerprint density at radius 2 is 1.67 bits per heavy atom. The third-order valence-electron chi connectivity index (χ3n) is 3.07. The SMILES string of the molecule is NNC(Cc1cc(Br)ccc1F)c1ccc(F)c(F)c1F. The van der Waals surface area contributed by atoms with Crippen molar-refractivity contribution < 1.29 is 17.6 Å². The Labute approximate surface area is 127 Å². The number of hydrogen-bond donors (Lipinski definition) is 2. The van der Waals surface area contributed by atoms with Crippen molar-refractivity contribution in [1.29, 1.82) is 0 Å². The van der Waals surface area contributed by atoms with E-state index in [1.807, 2.05) is 0 Å². The van der Waals surface area contributed by atoms with Crippen LogP contribution in [0.15, 0.2) is 34.8 Å². The van der Waals surface area contributed by atoms with Crippen molar-refractivity contribution in [1.82, 2.24) is 5.43 Å². The summed E-state index contributed by atoms with van der Waals surface area (Å²) in [7, 11) is 0. The van der Waals surface area contributed by atoms with Crippen molar-refractivity contribution in [2.75, 3.05) is 0 Å². The number of rotatable bonds is 4. The molecular weight excluding hydrogens is 352 g/mol. The Morgan fingerprint density at radius 3 is 2.33 bits per heavy atom. The quantitative estimate of drug-likeness (QED) is 0.376. The van der Waals surface area contributed by atoms with Crippen molar-refractivity contribution in [3.63, 3.8) is 0 Å². The molecule has 0 heterocycles. The van der Waals surface area contributed by atoms with Crippen LogP contribution in [0.4, 0.5) is 17.6 Å². The van der Waals surface area contributed by atoms with Crippen molar-refractivity contribution in [2.45, 2.75) is 12.5 Å². The van der Waals surface area contributed by atoms with Crippen LogP contribution in [0.5, 0.6) is 0 Å². The lowest BCUT2D eigenvalue weighted by Crippen LogP contribution is -2.30. The van der Waals surface area contributed by atoms with Crippen LogP contribution in [0.3, 0.4) is 0 Å². The molecule has 2 nitrogen and oxygen atoms in total. The van der Waals surface area contributed by atoms with Gasteiger partial charge in [-0.15, -0.1) is 0 Å². The molecule has 0 saturated carbocycles. The van der Waals surface area contributed by atoms with E-state index in [2.05, 4.69) is 21.4 Å². The average molecular weight is 363 g/mol. The van der Waals surface area contributed by atoms with Crippen LogP contribution in [-0.2, 0) is 6.42 Å². The zero-order valence-corrected chi connectivity index (χ0v) is 12.2. The van der Waals surface area contributed by atoms with Gasteiger partial charge in [0.05, 0.1) is 6.04 Å². The molecule has 112 valence electrons. The van der Waals surface area contributed by atoms with E-state index >= 15 is 0 Å². The average Bonchev–Trinajstić information content (AvgIpc) is 2.46. The minimum Gasteiger partial charge on any atom is -0.271 e. The van der Waals surface area contributed by atoms with E-state index in [0.29, 0.717) is 4.47 Å². The number of nitrogens with one attached hydrogen (secondary N) is 1. The molecule has 1 atom stereocenters. The molecule has 0 bridgehead atoms. The second-order valence-corrected chi connectivity index (χ2v) is 5.34. The summed E-state index contributed by atoms with van der Waals surface area (Å²) in [5, 5.41) is 0. The van der Waals surface area contributed by atoms with Crippen LogP contribution in [0, 0.1) is 23.3 Å². The normalized spacial score (nSPS) is 12.5. The van der Waals surface area contributed by atoms with E-state index in [0.717, 1.165) is 12.1 Å². The van der Waals surface area contributed by atoms with E-state index in [1.165, 1.54) is 18.2 Å². The van der Waals surface area contributed by atoms with Crippen LogP contribution in [-0.4, -0.2) is 0 Å². The van der Waals surface area contributed by atoms with Gasteiger partial charge in [-0.1, -0.05) is 22.0 Å². The first-order chi connectivity index (χ1) is 9.93. The van der Waals surface area contributed by atoms with E-state index in [-0.39, 0.29) is 17.5 Å².